The number of amidine groups is 1. The summed E-state index contributed by atoms with van der Waals surface area (Å²) in [6.45, 7) is 0. The molecule has 108 valence electrons. The van der Waals surface area contributed by atoms with Gasteiger partial charge in [-0.15, -0.1) is 0 Å². The molecule has 0 spiro atoms. The smallest absolute Gasteiger partial charge is 0.320 e. The SMILES string of the molecule is N=C(N)C(NC(=O)Nc1cccc(F)c1)c1ccccc1. The molecule has 5 N–H and O–H groups in total. The molecular weight excluding hydrogens is 271 g/mol. The molecule has 2 aromatic rings. The van der Waals surface area contributed by atoms with Crippen molar-refractivity contribution in [1.29, 1.82) is 5.41 Å². The van der Waals surface area contributed by atoms with Crippen LogP contribution in [0.5, 0.6) is 0 Å². The van der Waals surface area contributed by atoms with Crippen molar-refractivity contribution in [3.05, 3.63) is 66.0 Å². The fourth-order valence-electron chi connectivity index (χ4n) is 1.85. The molecule has 0 bridgehead atoms. The fourth-order valence-corrected chi connectivity index (χ4v) is 1.85. The molecule has 0 heterocycles. The van der Waals surface area contributed by atoms with Crippen LogP contribution in [0.2, 0.25) is 0 Å². The van der Waals surface area contributed by atoms with Gasteiger partial charge in [0.2, 0.25) is 0 Å². The first-order chi connectivity index (χ1) is 10.1. The molecule has 1 unspecified atom stereocenters. The fraction of sp³-hybridized carbons (Fsp3) is 0.0667. The van der Waals surface area contributed by atoms with E-state index in [4.69, 9.17) is 11.1 Å². The number of hydrogen-bond acceptors (Lipinski definition) is 2. The van der Waals surface area contributed by atoms with E-state index < -0.39 is 17.9 Å². The van der Waals surface area contributed by atoms with Crippen molar-refractivity contribution in [3.63, 3.8) is 0 Å². The Balaban J connectivity index is 2.07. The number of hydrogen-bond donors (Lipinski definition) is 4. The Hall–Kier alpha value is -2.89. The molecule has 0 saturated carbocycles. The minimum Gasteiger partial charge on any atom is -0.386 e. The van der Waals surface area contributed by atoms with Gasteiger partial charge in [0.05, 0.1) is 0 Å². The number of carbonyl (C=O) groups is 1. The number of halogens is 1. The van der Waals surface area contributed by atoms with Gasteiger partial charge in [-0.05, 0) is 23.8 Å². The molecule has 2 amide bonds. The van der Waals surface area contributed by atoms with E-state index in [1.165, 1.54) is 18.2 Å². The summed E-state index contributed by atoms with van der Waals surface area (Å²) in [4.78, 5) is 11.9. The van der Waals surface area contributed by atoms with Gasteiger partial charge in [0, 0.05) is 5.69 Å². The van der Waals surface area contributed by atoms with Crippen molar-refractivity contribution >= 4 is 17.6 Å². The average Bonchev–Trinajstić information content (AvgIpc) is 2.45. The highest BCUT2D eigenvalue weighted by atomic mass is 19.1. The lowest BCUT2D eigenvalue weighted by Gasteiger charge is -2.18. The Morgan fingerprint density at radius 3 is 2.48 bits per heavy atom. The van der Waals surface area contributed by atoms with Gasteiger partial charge < -0.3 is 16.4 Å². The molecule has 6 heteroatoms. The lowest BCUT2D eigenvalue weighted by atomic mass is 10.1. The molecule has 2 rings (SSSR count). The Morgan fingerprint density at radius 1 is 1.14 bits per heavy atom. The van der Waals surface area contributed by atoms with E-state index in [0.717, 1.165) is 0 Å². The van der Waals surface area contributed by atoms with E-state index >= 15 is 0 Å². The molecule has 0 saturated heterocycles. The lowest BCUT2D eigenvalue weighted by Crippen LogP contribution is -2.39. The van der Waals surface area contributed by atoms with Crippen molar-refractivity contribution in [2.75, 3.05) is 5.32 Å². The van der Waals surface area contributed by atoms with Gasteiger partial charge in [-0.25, -0.2) is 9.18 Å². The second kappa shape index (κ2) is 6.51. The van der Waals surface area contributed by atoms with Gasteiger partial charge in [0.25, 0.3) is 0 Å². The van der Waals surface area contributed by atoms with Gasteiger partial charge in [0.1, 0.15) is 17.7 Å². The van der Waals surface area contributed by atoms with Crippen molar-refractivity contribution < 1.29 is 9.18 Å². The number of benzene rings is 2. The highest BCUT2D eigenvalue weighted by Crippen LogP contribution is 2.13. The third-order valence-electron chi connectivity index (χ3n) is 2.80. The van der Waals surface area contributed by atoms with Crippen LogP contribution >= 0.6 is 0 Å². The molecule has 0 aliphatic rings. The normalized spacial score (nSPS) is 11.5. The van der Waals surface area contributed by atoms with Crippen LogP contribution in [0.3, 0.4) is 0 Å². The van der Waals surface area contributed by atoms with Crippen LogP contribution in [0.4, 0.5) is 14.9 Å². The first kappa shape index (κ1) is 14.5. The zero-order valence-electron chi connectivity index (χ0n) is 11.1. The van der Waals surface area contributed by atoms with Crippen LogP contribution in [0.25, 0.3) is 0 Å². The predicted molar refractivity (Wildman–Crippen MR) is 79.7 cm³/mol. The maximum atomic E-state index is 13.0. The van der Waals surface area contributed by atoms with Gasteiger partial charge >= 0.3 is 6.03 Å². The van der Waals surface area contributed by atoms with Gasteiger partial charge in [-0.2, -0.15) is 0 Å². The minimum absolute atomic E-state index is 0.185. The Labute approximate surface area is 121 Å². The van der Waals surface area contributed by atoms with Crippen LogP contribution in [-0.2, 0) is 0 Å². The number of rotatable bonds is 4. The second-order valence-electron chi connectivity index (χ2n) is 4.41. The van der Waals surface area contributed by atoms with E-state index in [9.17, 15) is 9.18 Å². The first-order valence-corrected chi connectivity index (χ1v) is 6.28. The van der Waals surface area contributed by atoms with Crippen LogP contribution in [0.15, 0.2) is 54.6 Å². The van der Waals surface area contributed by atoms with E-state index in [1.807, 2.05) is 6.07 Å². The lowest BCUT2D eigenvalue weighted by molar-refractivity contribution is 0.251. The molecular formula is C15H15FN4O. The van der Waals surface area contributed by atoms with Crippen LogP contribution in [-0.4, -0.2) is 11.9 Å². The zero-order chi connectivity index (χ0) is 15.2. The topological polar surface area (TPSA) is 91.0 Å². The molecule has 0 fully saturated rings. The van der Waals surface area contributed by atoms with E-state index in [0.29, 0.717) is 11.3 Å². The number of anilines is 1. The minimum atomic E-state index is -0.736. The molecule has 21 heavy (non-hydrogen) atoms. The Morgan fingerprint density at radius 2 is 1.86 bits per heavy atom. The quantitative estimate of drug-likeness (QED) is 0.514. The summed E-state index contributed by atoms with van der Waals surface area (Å²) in [5.74, 6) is -0.630. The summed E-state index contributed by atoms with van der Waals surface area (Å²) in [7, 11) is 0. The third kappa shape index (κ3) is 4.04. The maximum absolute atomic E-state index is 13.0. The Bertz CT molecular complexity index is 645. The Kier molecular flexibility index (Phi) is 4.50. The number of urea groups is 1. The van der Waals surface area contributed by atoms with Crippen LogP contribution in [0.1, 0.15) is 11.6 Å². The number of amides is 2. The largest absolute Gasteiger partial charge is 0.386 e. The number of nitrogens with one attached hydrogen (secondary N) is 3. The number of nitrogens with two attached hydrogens (primary N) is 1. The first-order valence-electron chi connectivity index (χ1n) is 6.28. The van der Waals surface area contributed by atoms with E-state index in [1.54, 1.807) is 30.3 Å². The summed E-state index contributed by atoms with van der Waals surface area (Å²) in [6.07, 6.45) is 0. The summed E-state index contributed by atoms with van der Waals surface area (Å²) in [5, 5.41) is 12.6. The third-order valence-corrected chi connectivity index (χ3v) is 2.80. The van der Waals surface area contributed by atoms with Crippen molar-refractivity contribution in [2.45, 2.75) is 6.04 Å². The molecule has 5 nitrogen and oxygen atoms in total. The monoisotopic (exact) mass is 286 g/mol. The summed E-state index contributed by atoms with van der Waals surface area (Å²) < 4.78 is 13.0. The van der Waals surface area contributed by atoms with Gasteiger partial charge in [-0.1, -0.05) is 36.4 Å². The second-order valence-corrected chi connectivity index (χ2v) is 4.41. The molecule has 2 aromatic carbocycles. The van der Waals surface area contributed by atoms with Crippen LogP contribution < -0.4 is 16.4 Å². The zero-order valence-corrected chi connectivity index (χ0v) is 11.1. The number of carbonyl (C=O) groups excluding carboxylic acids is 1. The molecule has 0 aromatic heterocycles. The van der Waals surface area contributed by atoms with Gasteiger partial charge in [0.15, 0.2) is 0 Å². The predicted octanol–water partition coefficient (Wildman–Crippen LogP) is 2.62. The van der Waals surface area contributed by atoms with E-state index in [2.05, 4.69) is 10.6 Å². The maximum Gasteiger partial charge on any atom is 0.320 e. The summed E-state index contributed by atoms with van der Waals surface area (Å²) in [5.41, 5.74) is 6.53. The molecule has 0 aliphatic carbocycles. The van der Waals surface area contributed by atoms with Crippen molar-refractivity contribution in [1.82, 2.24) is 5.32 Å². The average molecular weight is 286 g/mol. The van der Waals surface area contributed by atoms with Gasteiger partial charge in [-0.3, -0.25) is 5.41 Å². The molecule has 0 radical (unpaired) electrons. The molecule has 0 aliphatic heterocycles. The highest BCUT2D eigenvalue weighted by molar-refractivity contribution is 5.94. The molecule has 1 atom stereocenters. The summed E-state index contributed by atoms with van der Waals surface area (Å²) >= 11 is 0. The van der Waals surface area contributed by atoms with Crippen molar-refractivity contribution in [2.24, 2.45) is 5.73 Å². The standard InChI is InChI=1S/C15H15FN4O/c16-11-7-4-8-12(9-11)19-15(21)20-13(14(17)18)10-5-2-1-3-6-10/h1-9,13H,(H3,17,18)(H2,19,20,21). The van der Waals surface area contributed by atoms with Crippen molar-refractivity contribution in [3.8, 4) is 0 Å². The highest BCUT2D eigenvalue weighted by Gasteiger charge is 2.17. The van der Waals surface area contributed by atoms with Crippen LogP contribution in [0, 0.1) is 11.2 Å². The summed E-state index contributed by atoms with van der Waals surface area (Å²) in [6, 6.07) is 13.2. The van der Waals surface area contributed by atoms with E-state index in [-0.39, 0.29) is 5.84 Å².